The zero-order valence-electron chi connectivity index (χ0n) is 9.92. The Morgan fingerprint density at radius 1 is 1.40 bits per heavy atom. The van der Waals surface area contributed by atoms with Gasteiger partial charge in [-0.3, -0.25) is 0 Å². The van der Waals surface area contributed by atoms with E-state index < -0.39 is 0 Å². The highest BCUT2D eigenvalue weighted by atomic mass is 32.1. The molecule has 0 aliphatic heterocycles. The van der Waals surface area contributed by atoms with Crippen LogP contribution in [0.25, 0.3) is 0 Å². The van der Waals surface area contributed by atoms with Crippen LogP contribution in [0.2, 0.25) is 0 Å². The van der Waals surface area contributed by atoms with E-state index in [1.807, 2.05) is 6.92 Å². The molecule has 3 nitrogen and oxygen atoms in total. The highest BCUT2D eigenvalue weighted by Gasteiger charge is 2.06. The van der Waals surface area contributed by atoms with Crippen LogP contribution in [-0.4, -0.2) is 15.9 Å². The fourth-order valence-corrected chi connectivity index (χ4v) is 2.12. The fourth-order valence-electron chi connectivity index (χ4n) is 1.54. The zero-order valence-corrected chi connectivity index (χ0v) is 10.7. The maximum atomic E-state index is 4.29. The lowest BCUT2D eigenvalue weighted by atomic mass is 10.00. The lowest BCUT2D eigenvalue weighted by Gasteiger charge is -2.14. The molecule has 1 aromatic heterocycles. The minimum Gasteiger partial charge on any atom is -0.360 e. The quantitative estimate of drug-likeness (QED) is 0.775. The Hall–Kier alpha value is -0.640. The second kappa shape index (κ2) is 6.77. The normalized spacial score (nSPS) is 12.7. The third-order valence-corrected chi connectivity index (χ3v) is 3.38. The highest BCUT2D eigenvalue weighted by Crippen LogP contribution is 2.15. The number of nitrogens with zero attached hydrogens (tertiary/aromatic N) is 2. The molecular weight excluding hydrogens is 206 g/mol. The molecule has 0 spiro atoms. The van der Waals surface area contributed by atoms with Gasteiger partial charge in [-0.2, -0.15) is 4.37 Å². The van der Waals surface area contributed by atoms with Gasteiger partial charge < -0.3 is 5.32 Å². The van der Waals surface area contributed by atoms with E-state index in [1.54, 1.807) is 0 Å². The van der Waals surface area contributed by atoms with E-state index in [-0.39, 0.29) is 0 Å². The lowest BCUT2D eigenvalue weighted by molar-refractivity contribution is 0.472. The monoisotopic (exact) mass is 227 g/mol. The SMILES string of the molecule is CCCCC(CC)CNc1nc(C)ns1. The third kappa shape index (κ3) is 4.60. The molecule has 0 saturated heterocycles. The number of rotatable bonds is 7. The van der Waals surface area contributed by atoms with Gasteiger partial charge in [-0.15, -0.1) is 0 Å². The Morgan fingerprint density at radius 2 is 2.20 bits per heavy atom. The first-order valence-electron chi connectivity index (χ1n) is 5.80. The molecule has 0 bridgehead atoms. The number of aromatic nitrogens is 2. The maximum Gasteiger partial charge on any atom is 0.202 e. The van der Waals surface area contributed by atoms with Crippen LogP contribution >= 0.6 is 11.5 Å². The van der Waals surface area contributed by atoms with E-state index in [4.69, 9.17) is 0 Å². The van der Waals surface area contributed by atoms with Gasteiger partial charge in [-0.25, -0.2) is 4.98 Å². The van der Waals surface area contributed by atoms with E-state index in [9.17, 15) is 0 Å². The molecule has 4 heteroatoms. The van der Waals surface area contributed by atoms with Crippen molar-refractivity contribution in [3.05, 3.63) is 5.82 Å². The van der Waals surface area contributed by atoms with Crippen molar-refractivity contribution in [3.63, 3.8) is 0 Å². The van der Waals surface area contributed by atoms with Crippen LogP contribution in [0.5, 0.6) is 0 Å². The molecule has 0 saturated carbocycles. The second-order valence-electron chi connectivity index (χ2n) is 3.94. The van der Waals surface area contributed by atoms with Crippen LogP contribution in [0.1, 0.15) is 45.4 Å². The first-order valence-corrected chi connectivity index (χ1v) is 6.57. The summed E-state index contributed by atoms with van der Waals surface area (Å²) >= 11 is 1.45. The molecular formula is C11H21N3S. The van der Waals surface area contributed by atoms with E-state index in [0.29, 0.717) is 0 Å². The van der Waals surface area contributed by atoms with Gasteiger partial charge in [0.15, 0.2) is 0 Å². The number of anilines is 1. The molecule has 1 heterocycles. The van der Waals surface area contributed by atoms with E-state index in [1.165, 1.54) is 37.2 Å². The first-order chi connectivity index (χ1) is 7.26. The topological polar surface area (TPSA) is 37.8 Å². The summed E-state index contributed by atoms with van der Waals surface area (Å²) in [4.78, 5) is 4.29. The van der Waals surface area contributed by atoms with Gasteiger partial charge in [-0.1, -0.05) is 33.1 Å². The summed E-state index contributed by atoms with van der Waals surface area (Å²) in [7, 11) is 0. The molecule has 0 aliphatic rings. The third-order valence-electron chi connectivity index (χ3n) is 2.61. The standard InChI is InChI=1S/C11H21N3S/c1-4-6-7-10(5-2)8-12-11-13-9(3)14-15-11/h10H,4-8H2,1-3H3,(H,12,13,14). The minimum atomic E-state index is 0.772. The van der Waals surface area contributed by atoms with Crippen molar-refractivity contribution in [1.29, 1.82) is 0 Å². The molecule has 1 rings (SSSR count). The van der Waals surface area contributed by atoms with Gasteiger partial charge in [-0.05, 0) is 19.3 Å². The Balaban J connectivity index is 2.27. The predicted molar refractivity (Wildman–Crippen MR) is 66.4 cm³/mol. The highest BCUT2D eigenvalue weighted by molar-refractivity contribution is 7.09. The summed E-state index contributed by atoms with van der Waals surface area (Å²) in [5.74, 6) is 1.64. The number of unbranched alkanes of at least 4 members (excludes halogenated alkanes) is 1. The van der Waals surface area contributed by atoms with Crippen LogP contribution < -0.4 is 5.32 Å². The molecule has 15 heavy (non-hydrogen) atoms. The van der Waals surface area contributed by atoms with Gasteiger partial charge in [0.2, 0.25) is 5.13 Å². The largest absolute Gasteiger partial charge is 0.360 e. The molecule has 0 radical (unpaired) electrons. The molecule has 1 unspecified atom stereocenters. The first kappa shape index (κ1) is 12.4. The zero-order chi connectivity index (χ0) is 11.1. The summed E-state index contributed by atoms with van der Waals surface area (Å²) in [5.41, 5.74) is 0. The van der Waals surface area contributed by atoms with Crippen molar-refractivity contribution in [2.75, 3.05) is 11.9 Å². The molecule has 86 valence electrons. The van der Waals surface area contributed by atoms with Crippen LogP contribution in [0.4, 0.5) is 5.13 Å². The van der Waals surface area contributed by atoms with Crippen LogP contribution in [-0.2, 0) is 0 Å². The molecule has 1 atom stereocenters. The Labute approximate surface area is 96.5 Å². The van der Waals surface area contributed by atoms with Crippen molar-refractivity contribution in [2.24, 2.45) is 5.92 Å². The molecule has 1 N–H and O–H groups in total. The second-order valence-corrected chi connectivity index (χ2v) is 4.70. The molecule has 0 fully saturated rings. The van der Waals surface area contributed by atoms with Crippen molar-refractivity contribution in [1.82, 2.24) is 9.36 Å². The van der Waals surface area contributed by atoms with Gasteiger partial charge in [0.1, 0.15) is 5.82 Å². The van der Waals surface area contributed by atoms with Gasteiger partial charge in [0.25, 0.3) is 0 Å². The van der Waals surface area contributed by atoms with E-state index in [0.717, 1.165) is 23.4 Å². The molecule has 1 aromatic rings. The minimum absolute atomic E-state index is 0.772. The lowest BCUT2D eigenvalue weighted by Crippen LogP contribution is -2.13. The summed E-state index contributed by atoms with van der Waals surface area (Å²) < 4.78 is 4.15. The molecule has 0 aliphatic carbocycles. The van der Waals surface area contributed by atoms with Gasteiger partial charge in [0.05, 0.1) is 0 Å². The Kier molecular flexibility index (Phi) is 5.61. The summed E-state index contributed by atoms with van der Waals surface area (Å²) in [6, 6.07) is 0. The number of aryl methyl sites for hydroxylation is 1. The van der Waals surface area contributed by atoms with Crippen LogP contribution in [0.3, 0.4) is 0 Å². The fraction of sp³-hybridized carbons (Fsp3) is 0.818. The predicted octanol–water partition coefficient (Wildman–Crippen LogP) is 3.47. The Bertz CT molecular complexity index is 273. The average molecular weight is 227 g/mol. The van der Waals surface area contributed by atoms with Crippen molar-refractivity contribution >= 4 is 16.7 Å². The summed E-state index contributed by atoms with van der Waals surface area (Å²) in [6.07, 6.45) is 5.17. The summed E-state index contributed by atoms with van der Waals surface area (Å²) in [6.45, 7) is 7.46. The van der Waals surface area contributed by atoms with Crippen molar-refractivity contribution in [3.8, 4) is 0 Å². The maximum absolute atomic E-state index is 4.29. The van der Waals surface area contributed by atoms with E-state index in [2.05, 4.69) is 28.5 Å². The average Bonchev–Trinajstić information content (AvgIpc) is 2.65. The van der Waals surface area contributed by atoms with Crippen LogP contribution in [0.15, 0.2) is 0 Å². The van der Waals surface area contributed by atoms with Crippen LogP contribution in [0, 0.1) is 12.8 Å². The van der Waals surface area contributed by atoms with Crippen molar-refractivity contribution in [2.45, 2.75) is 46.5 Å². The summed E-state index contributed by atoms with van der Waals surface area (Å²) in [5, 5.41) is 4.33. The number of hydrogen-bond donors (Lipinski definition) is 1. The van der Waals surface area contributed by atoms with Crippen molar-refractivity contribution < 1.29 is 0 Å². The molecule has 0 amide bonds. The van der Waals surface area contributed by atoms with E-state index >= 15 is 0 Å². The Morgan fingerprint density at radius 3 is 2.73 bits per heavy atom. The molecule has 0 aromatic carbocycles. The smallest absolute Gasteiger partial charge is 0.202 e. The van der Waals surface area contributed by atoms with Gasteiger partial charge in [0, 0.05) is 18.1 Å². The van der Waals surface area contributed by atoms with Gasteiger partial charge >= 0.3 is 0 Å². The number of hydrogen-bond acceptors (Lipinski definition) is 4. The number of nitrogens with one attached hydrogen (secondary N) is 1.